The van der Waals surface area contributed by atoms with E-state index in [-0.39, 0.29) is 17.0 Å². The third-order valence-corrected chi connectivity index (χ3v) is 7.15. The van der Waals surface area contributed by atoms with Crippen molar-refractivity contribution in [2.45, 2.75) is 39.2 Å². The smallest absolute Gasteiger partial charge is 0.162 e. The molecular formula is C32H32N4O3. The number of para-hydroxylation sites is 1. The first-order chi connectivity index (χ1) is 18.8. The molecule has 1 atom stereocenters. The minimum atomic E-state index is -0.612. The largest absolute Gasteiger partial charge is 0.493 e. The van der Waals surface area contributed by atoms with Crippen molar-refractivity contribution in [2.24, 2.45) is 11.1 Å². The fraction of sp³-hybridized carbons (Fsp3) is 0.250. The van der Waals surface area contributed by atoms with Gasteiger partial charge in [-0.2, -0.15) is 5.26 Å². The molecule has 7 heteroatoms. The van der Waals surface area contributed by atoms with Gasteiger partial charge >= 0.3 is 0 Å². The lowest BCUT2D eigenvalue weighted by Crippen LogP contribution is -2.44. The predicted octanol–water partition coefficient (Wildman–Crippen LogP) is 6.04. The normalized spacial score (nSPS) is 18.4. The second-order valence-corrected chi connectivity index (χ2v) is 10.6. The van der Waals surface area contributed by atoms with Crippen LogP contribution in [0.5, 0.6) is 11.5 Å². The number of carbonyl (C=O) groups excluding carboxylic acids is 1. The van der Waals surface area contributed by atoms with E-state index in [1.54, 1.807) is 12.1 Å². The Balaban J connectivity index is 1.57. The molecule has 2 aliphatic rings. The Labute approximate surface area is 229 Å². The summed E-state index contributed by atoms with van der Waals surface area (Å²) in [5.41, 5.74) is 14.0. The van der Waals surface area contributed by atoms with Crippen LogP contribution in [0.4, 0.5) is 5.69 Å². The van der Waals surface area contributed by atoms with Crippen LogP contribution in [0, 0.1) is 16.7 Å². The zero-order valence-electron chi connectivity index (χ0n) is 22.4. The molecule has 39 heavy (non-hydrogen) atoms. The summed E-state index contributed by atoms with van der Waals surface area (Å²) in [5.74, 6) is 0.775. The minimum Gasteiger partial charge on any atom is -0.493 e. The van der Waals surface area contributed by atoms with Gasteiger partial charge in [-0.15, -0.1) is 0 Å². The van der Waals surface area contributed by atoms with Gasteiger partial charge in [0, 0.05) is 12.0 Å². The molecule has 5 rings (SSSR count). The molecule has 7 nitrogen and oxygen atoms in total. The minimum absolute atomic E-state index is 0.00901. The number of hydrazine groups is 1. The lowest BCUT2D eigenvalue weighted by Gasteiger charge is -2.43. The number of carbonyl (C=O) groups is 1. The number of nitrogens with one attached hydrogen (secondary N) is 1. The van der Waals surface area contributed by atoms with Crippen LogP contribution in [0.25, 0.3) is 0 Å². The lowest BCUT2D eigenvalue weighted by molar-refractivity contribution is -0.118. The van der Waals surface area contributed by atoms with Gasteiger partial charge in [0.15, 0.2) is 17.3 Å². The van der Waals surface area contributed by atoms with Crippen molar-refractivity contribution in [1.82, 2.24) is 5.01 Å². The van der Waals surface area contributed by atoms with E-state index in [0.717, 1.165) is 22.5 Å². The van der Waals surface area contributed by atoms with Crippen LogP contribution in [-0.4, -0.2) is 17.9 Å². The van der Waals surface area contributed by atoms with E-state index in [1.165, 1.54) is 0 Å². The lowest BCUT2D eigenvalue weighted by atomic mass is 9.69. The van der Waals surface area contributed by atoms with Gasteiger partial charge in [-0.25, -0.2) is 5.01 Å². The molecule has 3 N–H and O–H groups in total. The molecule has 0 radical (unpaired) electrons. The van der Waals surface area contributed by atoms with E-state index in [1.807, 2.05) is 78.9 Å². The highest BCUT2D eigenvalue weighted by atomic mass is 16.5. The third-order valence-electron chi connectivity index (χ3n) is 7.15. The van der Waals surface area contributed by atoms with Crippen LogP contribution in [0.2, 0.25) is 0 Å². The summed E-state index contributed by atoms with van der Waals surface area (Å²) < 4.78 is 11.7. The predicted molar refractivity (Wildman–Crippen MR) is 150 cm³/mol. The zero-order valence-corrected chi connectivity index (χ0v) is 22.4. The van der Waals surface area contributed by atoms with Crippen molar-refractivity contribution in [3.8, 4) is 17.6 Å². The number of nitriles is 1. The molecule has 0 unspecified atom stereocenters. The number of allylic oxidation sites excluding steroid dienone is 3. The van der Waals surface area contributed by atoms with E-state index < -0.39 is 5.92 Å². The summed E-state index contributed by atoms with van der Waals surface area (Å²) >= 11 is 0. The van der Waals surface area contributed by atoms with Crippen LogP contribution in [0.1, 0.15) is 43.7 Å². The van der Waals surface area contributed by atoms with Gasteiger partial charge in [-0.3, -0.25) is 10.2 Å². The van der Waals surface area contributed by atoms with Crippen molar-refractivity contribution in [3.05, 3.63) is 113 Å². The topological polar surface area (TPSA) is 101 Å². The summed E-state index contributed by atoms with van der Waals surface area (Å²) in [6, 6.07) is 27.3. The molecule has 1 aliphatic heterocycles. The molecule has 1 heterocycles. The summed E-state index contributed by atoms with van der Waals surface area (Å²) in [7, 11) is 1.58. The molecule has 0 amide bonds. The SMILES string of the molecule is COc1cc([C@@H]2C(C#N)=C(N)N(Nc3ccccc3)C3=C2C(=O)CC(C)(C)C3)ccc1OCc1ccccc1. The molecule has 1 aliphatic carbocycles. The number of rotatable bonds is 7. The van der Waals surface area contributed by atoms with E-state index in [4.69, 9.17) is 15.2 Å². The van der Waals surface area contributed by atoms with E-state index in [0.29, 0.717) is 42.1 Å². The van der Waals surface area contributed by atoms with E-state index in [9.17, 15) is 10.1 Å². The maximum Gasteiger partial charge on any atom is 0.162 e. The van der Waals surface area contributed by atoms with Crippen LogP contribution < -0.4 is 20.6 Å². The molecule has 198 valence electrons. The van der Waals surface area contributed by atoms with Crippen LogP contribution in [-0.2, 0) is 11.4 Å². The number of anilines is 1. The fourth-order valence-electron chi connectivity index (χ4n) is 5.33. The molecule has 0 saturated heterocycles. The maximum absolute atomic E-state index is 13.7. The molecule has 0 fully saturated rings. The number of hydrogen-bond donors (Lipinski definition) is 2. The summed E-state index contributed by atoms with van der Waals surface area (Å²) in [5, 5.41) is 12.0. The van der Waals surface area contributed by atoms with Gasteiger partial charge in [0.1, 0.15) is 12.4 Å². The molecule has 3 aromatic rings. The number of hydrogen-bond acceptors (Lipinski definition) is 7. The quantitative estimate of drug-likeness (QED) is 0.392. The van der Waals surface area contributed by atoms with Gasteiger partial charge in [0.2, 0.25) is 0 Å². The fourth-order valence-corrected chi connectivity index (χ4v) is 5.33. The van der Waals surface area contributed by atoms with Crippen LogP contribution in [0.15, 0.2) is 102 Å². The molecule has 3 aromatic carbocycles. The number of nitrogens with two attached hydrogens (primary N) is 1. The maximum atomic E-state index is 13.7. The number of nitrogens with zero attached hydrogens (tertiary/aromatic N) is 2. The van der Waals surface area contributed by atoms with Crippen molar-refractivity contribution >= 4 is 11.5 Å². The average molecular weight is 521 g/mol. The van der Waals surface area contributed by atoms with Gasteiger partial charge in [0.05, 0.1) is 36.1 Å². The monoisotopic (exact) mass is 520 g/mol. The second kappa shape index (κ2) is 10.6. The Morgan fingerprint density at radius 1 is 1.03 bits per heavy atom. The Morgan fingerprint density at radius 3 is 2.38 bits per heavy atom. The van der Waals surface area contributed by atoms with E-state index in [2.05, 4.69) is 25.3 Å². The summed E-state index contributed by atoms with van der Waals surface area (Å²) in [4.78, 5) is 13.7. The number of ether oxygens (including phenoxy) is 2. The highest BCUT2D eigenvalue weighted by Crippen LogP contribution is 2.49. The standard InChI is InChI=1S/C32H32N4O3/c1-32(2)17-25-30(26(37)18-32)29(24(19-33)31(34)36(25)35-23-12-8-5-9-13-23)22-14-15-27(28(16-22)38-3)39-20-21-10-6-4-7-11-21/h4-16,29,35H,17-18,20,34H2,1-3H3/t29-/m1/s1. The van der Waals surface area contributed by atoms with Gasteiger partial charge < -0.3 is 15.2 Å². The van der Waals surface area contributed by atoms with Gasteiger partial charge in [0.25, 0.3) is 0 Å². The number of ketones is 1. The van der Waals surface area contributed by atoms with Crippen molar-refractivity contribution < 1.29 is 14.3 Å². The Morgan fingerprint density at radius 2 is 1.72 bits per heavy atom. The van der Waals surface area contributed by atoms with Gasteiger partial charge in [-0.1, -0.05) is 68.4 Å². The average Bonchev–Trinajstić information content (AvgIpc) is 2.93. The first-order valence-electron chi connectivity index (χ1n) is 12.9. The number of benzene rings is 3. The van der Waals surface area contributed by atoms with Gasteiger partial charge in [-0.05, 0) is 47.2 Å². The summed E-state index contributed by atoms with van der Waals surface area (Å²) in [6.45, 7) is 4.54. The van der Waals surface area contributed by atoms with Crippen LogP contribution in [0.3, 0.4) is 0 Å². The molecule has 0 saturated carbocycles. The van der Waals surface area contributed by atoms with E-state index >= 15 is 0 Å². The molecular weight excluding hydrogens is 488 g/mol. The highest BCUT2D eigenvalue weighted by Gasteiger charge is 2.44. The zero-order chi connectivity index (χ0) is 27.6. The molecule has 0 spiro atoms. The Hall–Kier alpha value is -4.70. The molecule has 0 bridgehead atoms. The first kappa shape index (κ1) is 25.9. The van der Waals surface area contributed by atoms with Crippen molar-refractivity contribution in [3.63, 3.8) is 0 Å². The Kier molecular flexibility index (Phi) is 7.03. The van der Waals surface area contributed by atoms with Crippen LogP contribution >= 0.6 is 0 Å². The second-order valence-electron chi connectivity index (χ2n) is 10.6. The van der Waals surface area contributed by atoms with Crippen molar-refractivity contribution in [2.75, 3.05) is 12.5 Å². The Bertz CT molecular complexity index is 1490. The number of methoxy groups -OCH3 is 1. The number of Topliss-reactive ketones (excluding diaryl/α,β-unsaturated/α-hetero) is 1. The van der Waals surface area contributed by atoms with Crippen molar-refractivity contribution in [1.29, 1.82) is 5.26 Å². The highest BCUT2D eigenvalue weighted by molar-refractivity contribution is 6.00. The summed E-state index contributed by atoms with van der Waals surface area (Å²) in [6.07, 6.45) is 1.01. The first-order valence-corrected chi connectivity index (χ1v) is 12.9. The third kappa shape index (κ3) is 5.19. The molecule has 0 aromatic heterocycles.